The molecule has 0 amide bonds. The lowest BCUT2D eigenvalue weighted by atomic mass is 10.1. The smallest absolute Gasteiger partial charge is 0.276 e. The number of fused-ring (bicyclic) bond motifs is 1. The molecule has 5 heterocycles. The van der Waals surface area contributed by atoms with Gasteiger partial charge >= 0.3 is 0 Å². The standard InChI is InChI=1S/C22H21N5O2S/c28-22-19-18(16-1-5-23-6-2-16)15-30-21(19)20(17-3-7-24-8-4-17)25-27(22)10-9-26-11-13-29-14-12-26/h1-8,15H,9-14H2. The van der Waals surface area contributed by atoms with Gasteiger partial charge in [0.2, 0.25) is 0 Å². The fourth-order valence-corrected chi connectivity index (χ4v) is 4.82. The predicted molar refractivity (Wildman–Crippen MR) is 118 cm³/mol. The maximum absolute atomic E-state index is 13.5. The molecule has 0 radical (unpaired) electrons. The molecule has 0 unspecified atom stereocenters. The van der Waals surface area contributed by atoms with Crippen LogP contribution in [0.2, 0.25) is 0 Å². The quantitative estimate of drug-likeness (QED) is 0.495. The van der Waals surface area contributed by atoms with Gasteiger partial charge in [-0.15, -0.1) is 11.3 Å². The molecule has 0 aliphatic carbocycles. The van der Waals surface area contributed by atoms with E-state index in [1.54, 1.807) is 40.8 Å². The van der Waals surface area contributed by atoms with E-state index in [2.05, 4.69) is 14.9 Å². The molecule has 0 N–H and O–H groups in total. The molecule has 1 saturated heterocycles. The highest BCUT2D eigenvalue weighted by Crippen LogP contribution is 2.36. The SMILES string of the molecule is O=c1c2c(-c3ccncc3)csc2c(-c2ccncc2)nn1CCN1CCOCC1. The van der Waals surface area contributed by atoms with Gasteiger partial charge in [0.15, 0.2) is 0 Å². The van der Waals surface area contributed by atoms with Crippen LogP contribution in [0.25, 0.3) is 32.5 Å². The van der Waals surface area contributed by atoms with Crippen LogP contribution in [0, 0.1) is 0 Å². The van der Waals surface area contributed by atoms with Gasteiger partial charge in [-0.3, -0.25) is 19.7 Å². The van der Waals surface area contributed by atoms with Crippen molar-refractivity contribution in [1.29, 1.82) is 0 Å². The molecule has 0 spiro atoms. The third kappa shape index (κ3) is 3.65. The maximum Gasteiger partial charge on any atom is 0.276 e. The van der Waals surface area contributed by atoms with Crippen LogP contribution >= 0.6 is 11.3 Å². The van der Waals surface area contributed by atoms with E-state index in [0.29, 0.717) is 6.54 Å². The zero-order chi connectivity index (χ0) is 20.3. The van der Waals surface area contributed by atoms with Crippen molar-refractivity contribution in [3.8, 4) is 22.4 Å². The van der Waals surface area contributed by atoms with Crippen LogP contribution in [-0.4, -0.2) is 57.5 Å². The van der Waals surface area contributed by atoms with E-state index in [4.69, 9.17) is 9.84 Å². The highest BCUT2D eigenvalue weighted by atomic mass is 32.1. The van der Waals surface area contributed by atoms with Gasteiger partial charge in [-0.05, 0) is 29.8 Å². The Morgan fingerprint density at radius 2 is 1.60 bits per heavy atom. The minimum Gasteiger partial charge on any atom is -0.379 e. The van der Waals surface area contributed by atoms with E-state index in [1.807, 2.05) is 29.6 Å². The van der Waals surface area contributed by atoms with Crippen molar-refractivity contribution < 1.29 is 4.74 Å². The number of pyridine rings is 2. The summed E-state index contributed by atoms with van der Waals surface area (Å²) in [6.07, 6.45) is 7.01. The molecule has 0 aromatic carbocycles. The summed E-state index contributed by atoms with van der Waals surface area (Å²) >= 11 is 1.56. The van der Waals surface area contributed by atoms with Crippen LogP contribution in [0.5, 0.6) is 0 Å². The largest absolute Gasteiger partial charge is 0.379 e. The monoisotopic (exact) mass is 419 g/mol. The summed E-state index contributed by atoms with van der Waals surface area (Å²) in [7, 11) is 0. The Labute approximate surface area is 177 Å². The van der Waals surface area contributed by atoms with Crippen LogP contribution in [0.1, 0.15) is 0 Å². The molecule has 0 saturated carbocycles. The summed E-state index contributed by atoms with van der Waals surface area (Å²) in [5, 5.41) is 7.54. The Bertz CT molecular complexity index is 1200. The Kier molecular flexibility index (Phi) is 5.35. The number of thiophene rings is 1. The van der Waals surface area contributed by atoms with E-state index in [9.17, 15) is 4.79 Å². The van der Waals surface area contributed by atoms with Crippen LogP contribution in [-0.2, 0) is 11.3 Å². The van der Waals surface area contributed by atoms with Crippen LogP contribution in [0.4, 0.5) is 0 Å². The normalized spacial score (nSPS) is 14.9. The van der Waals surface area contributed by atoms with Crippen LogP contribution in [0.3, 0.4) is 0 Å². The first kappa shape index (κ1) is 19.0. The third-order valence-corrected chi connectivity index (χ3v) is 6.34. The molecule has 0 bridgehead atoms. The lowest BCUT2D eigenvalue weighted by Crippen LogP contribution is -2.39. The van der Waals surface area contributed by atoms with Crippen molar-refractivity contribution in [2.24, 2.45) is 0 Å². The van der Waals surface area contributed by atoms with Crippen molar-refractivity contribution in [1.82, 2.24) is 24.6 Å². The summed E-state index contributed by atoms with van der Waals surface area (Å²) in [5.74, 6) is 0. The zero-order valence-electron chi connectivity index (χ0n) is 16.4. The molecule has 7 nitrogen and oxygen atoms in total. The van der Waals surface area contributed by atoms with Gasteiger partial charge in [-0.25, -0.2) is 4.68 Å². The molecular formula is C22H21N5O2S. The first-order valence-corrected chi connectivity index (χ1v) is 10.8. The zero-order valence-corrected chi connectivity index (χ0v) is 17.2. The first-order chi connectivity index (χ1) is 14.8. The van der Waals surface area contributed by atoms with Gasteiger partial charge in [0.1, 0.15) is 5.69 Å². The fraction of sp³-hybridized carbons (Fsp3) is 0.273. The second-order valence-corrected chi connectivity index (χ2v) is 8.04. The number of hydrogen-bond acceptors (Lipinski definition) is 7. The maximum atomic E-state index is 13.5. The number of morpholine rings is 1. The molecule has 1 aliphatic rings. The van der Waals surface area contributed by atoms with Crippen molar-refractivity contribution in [3.05, 3.63) is 64.8 Å². The summed E-state index contributed by atoms with van der Waals surface area (Å²) in [5.41, 5.74) is 3.64. The van der Waals surface area contributed by atoms with Crippen LogP contribution < -0.4 is 5.56 Å². The van der Waals surface area contributed by atoms with Crippen molar-refractivity contribution in [3.63, 3.8) is 0 Å². The number of rotatable bonds is 5. The van der Waals surface area contributed by atoms with Gasteiger partial charge < -0.3 is 4.74 Å². The molecule has 1 aliphatic heterocycles. The summed E-state index contributed by atoms with van der Waals surface area (Å²) in [6, 6.07) is 7.74. The third-order valence-electron chi connectivity index (χ3n) is 5.35. The van der Waals surface area contributed by atoms with E-state index in [1.165, 1.54) is 0 Å². The fourth-order valence-electron chi connectivity index (χ4n) is 3.74. The van der Waals surface area contributed by atoms with E-state index in [0.717, 1.165) is 65.3 Å². The molecule has 5 rings (SSSR count). The second kappa shape index (κ2) is 8.43. The van der Waals surface area contributed by atoms with Crippen LogP contribution in [0.15, 0.2) is 59.2 Å². The molecule has 0 atom stereocenters. The van der Waals surface area contributed by atoms with E-state index >= 15 is 0 Å². The molecule has 152 valence electrons. The Morgan fingerprint density at radius 1 is 0.933 bits per heavy atom. The molecule has 8 heteroatoms. The lowest BCUT2D eigenvalue weighted by molar-refractivity contribution is 0.0358. The van der Waals surface area contributed by atoms with Gasteiger partial charge in [0.05, 0.1) is 29.8 Å². The Morgan fingerprint density at radius 3 is 2.30 bits per heavy atom. The van der Waals surface area contributed by atoms with Gasteiger partial charge in [0.25, 0.3) is 5.56 Å². The van der Waals surface area contributed by atoms with Crippen molar-refractivity contribution >= 4 is 21.4 Å². The lowest BCUT2D eigenvalue weighted by Gasteiger charge is -2.26. The minimum atomic E-state index is -0.0517. The molecule has 4 aromatic heterocycles. The minimum absolute atomic E-state index is 0.0517. The van der Waals surface area contributed by atoms with E-state index in [-0.39, 0.29) is 5.56 Å². The Hall–Kier alpha value is -2.94. The van der Waals surface area contributed by atoms with Crippen molar-refractivity contribution in [2.45, 2.75) is 6.54 Å². The predicted octanol–water partition coefficient (Wildman–Crippen LogP) is 2.91. The highest BCUT2D eigenvalue weighted by molar-refractivity contribution is 7.18. The van der Waals surface area contributed by atoms with E-state index < -0.39 is 0 Å². The molecule has 4 aromatic rings. The Balaban J connectivity index is 1.64. The first-order valence-electron chi connectivity index (χ1n) is 9.94. The van der Waals surface area contributed by atoms with Gasteiger partial charge in [0, 0.05) is 60.9 Å². The summed E-state index contributed by atoms with van der Waals surface area (Å²) in [6.45, 7) is 4.55. The highest BCUT2D eigenvalue weighted by Gasteiger charge is 2.19. The van der Waals surface area contributed by atoms with Crippen molar-refractivity contribution in [2.75, 3.05) is 32.8 Å². The molecule has 30 heavy (non-hydrogen) atoms. The molecular weight excluding hydrogens is 398 g/mol. The topological polar surface area (TPSA) is 73.1 Å². The average molecular weight is 420 g/mol. The number of aromatic nitrogens is 4. The second-order valence-electron chi connectivity index (χ2n) is 7.16. The van der Waals surface area contributed by atoms with Gasteiger partial charge in [-0.2, -0.15) is 5.10 Å². The number of hydrogen-bond donors (Lipinski definition) is 0. The average Bonchev–Trinajstić information content (AvgIpc) is 3.26. The molecule has 1 fully saturated rings. The summed E-state index contributed by atoms with van der Waals surface area (Å²) in [4.78, 5) is 24.0. The van der Waals surface area contributed by atoms with Gasteiger partial charge in [-0.1, -0.05) is 0 Å². The number of nitrogens with zero attached hydrogens (tertiary/aromatic N) is 5. The summed E-state index contributed by atoms with van der Waals surface area (Å²) < 4.78 is 7.95. The number of ether oxygens (including phenoxy) is 1.